The number of rotatable bonds is 9. The Morgan fingerprint density at radius 1 is 0.875 bits per heavy atom. The summed E-state index contributed by atoms with van der Waals surface area (Å²) in [7, 11) is 0. The molecule has 0 aliphatic heterocycles. The Balaban J connectivity index is 3.34. The maximum Gasteiger partial charge on any atom is 0.333 e. The Labute approximate surface area is 91.9 Å². The molecule has 0 aliphatic carbocycles. The van der Waals surface area contributed by atoms with Gasteiger partial charge < -0.3 is 31.1 Å². The largest absolute Gasteiger partial charge is 0.479 e. The van der Waals surface area contributed by atoms with Crippen molar-refractivity contribution in [2.24, 2.45) is 0 Å². The van der Waals surface area contributed by atoms with Gasteiger partial charge >= 0.3 is 11.9 Å². The first-order valence-electron chi connectivity index (χ1n) is 4.68. The fourth-order valence-corrected chi connectivity index (χ4v) is 0.829. The van der Waals surface area contributed by atoms with Gasteiger partial charge in [-0.15, -0.1) is 0 Å². The van der Waals surface area contributed by atoms with E-state index in [9.17, 15) is 9.59 Å². The van der Waals surface area contributed by atoms with Gasteiger partial charge in [-0.05, 0) is 0 Å². The Morgan fingerprint density at radius 2 is 1.19 bits per heavy atom. The van der Waals surface area contributed by atoms with Crippen LogP contribution < -0.4 is 10.6 Å². The van der Waals surface area contributed by atoms with Crippen LogP contribution in [-0.2, 0) is 9.59 Å². The normalized spacial score (nSPS) is 14.4. The number of aliphatic hydroxyl groups excluding tert-OH is 2. The van der Waals surface area contributed by atoms with E-state index in [1.807, 2.05) is 0 Å². The van der Waals surface area contributed by atoms with Gasteiger partial charge in [0, 0.05) is 26.2 Å². The lowest BCUT2D eigenvalue weighted by atomic mass is 10.3. The van der Waals surface area contributed by atoms with Crippen molar-refractivity contribution in [1.29, 1.82) is 0 Å². The summed E-state index contributed by atoms with van der Waals surface area (Å²) in [5, 5.41) is 39.6. The zero-order chi connectivity index (χ0) is 12.6. The molecule has 0 saturated heterocycles. The van der Waals surface area contributed by atoms with Gasteiger partial charge in [0.05, 0.1) is 0 Å². The zero-order valence-electron chi connectivity index (χ0n) is 8.59. The highest BCUT2D eigenvalue weighted by Crippen LogP contribution is 1.80. The molecule has 0 bridgehead atoms. The molecule has 0 aliphatic rings. The van der Waals surface area contributed by atoms with Crippen LogP contribution in [0.25, 0.3) is 0 Å². The molecular weight excluding hydrogens is 220 g/mol. The van der Waals surface area contributed by atoms with Gasteiger partial charge in [0.25, 0.3) is 0 Å². The third-order valence-electron chi connectivity index (χ3n) is 1.72. The van der Waals surface area contributed by atoms with E-state index in [-0.39, 0.29) is 13.1 Å². The minimum atomic E-state index is -1.45. The highest BCUT2D eigenvalue weighted by molar-refractivity contribution is 5.72. The number of carbonyl (C=O) groups is 2. The molecule has 6 N–H and O–H groups in total. The molecule has 0 amide bonds. The zero-order valence-corrected chi connectivity index (χ0v) is 8.59. The second-order valence-electron chi connectivity index (χ2n) is 3.12. The van der Waals surface area contributed by atoms with E-state index in [0.29, 0.717) is 13.1 Å². The van der Waals surface area contributed by atoms with E-state index in [1.165, 1.54) is 0 Å². The fourth-order valence-electron chi connectivity index (χ4n) is 0.829. The van der Waals surface area contributed by atoms with Crippen molar-refractivity contribution in [2.45, 2.75) is 12.2 Å². The highest BCUT2D eigenvalue weighted by atomic mass is 16.4. The molecule has 0 fully saturated rings. The van der Waals surface area contributed by atoms with Crippen molar-refractivity contribution in [3.8, 4) is 0 Å². The number of hydrogen-bond acceptors (Lipinski definition) is 6. The molecule has 0 aromatic rings. The summed E-state index contributed by atoms with van der Waals surface area (Å²) in [5.41, 5.74) is 0. The molecule has 0 saturated carbocycles. The third-order valence-corrected chi connectivity index (χ3v) is 1.72. The van der Waals surface area contributed by atoms with E-state index in [4.69, 9.17) is 20.4 Å². The molecule has 0 rings (SSSR count). The van der Waals surface area contributed by atoms with Gasteiger partial charge in [-0.1, -0.05) is 0 Å². The van der Waals surface area contributed by atoms with Crippen LogP contribution in [0.15, 0.2) is 0 Å². The van der Waals surface area contributed by atoms with Crippen LogP contribution in [0.2, 0.25) is 0 Å². The summed E-state index contributed by atoms with van der Waals surface area (Å²) in [6.45, 7) is 0.546. The maximum atomic E-state index is 10.2. The van der Waals surface area contributed by atoms with Gasteiger partial charge in [-0.2, -0.15) is 0 Å². The van der Waals surface area contributed by atoms with Crippen molar-refractivity contribution in [1.82, 2.24) is 10.6 Å². The number of carboxylic acids is 2. The third kappa shape index (κ3) is 7.12. The molecule has 0 aromatic heterocycles. The summed E-state index contributed by atoms with van der Waals surface area (Å²) in [5.74, 6) is -2.61. The Morgan fingerprint density at radius 3 is 1.44 bits per heavy atom. The van der Waals surface area contributed by atoms with Crippen molar-refractivity contribution >= 4 is 11.9 Å². The standard InChI is InChI=1S/C8H16N2O6/c11-5(7(13)14)3-9-1-2-10-4-6(12)8(15)16/h5-6,9-12H,1-4H2,(H,13,14)(H,15,16). The van der Waals surface area contributed by atoms with Crippen LogP contribution in [0.4, 0.5) is 0 Å². The topological polar surface area (TPSA) is 139 Å². The van der Waals surface area contributed by atoms with E-state index in [1.54, 1.807) is 0 Å². The number of aliphatic hydroxyl groups is 2. The van der Waals surface area contributed by atoms with E-state index >= 15 is 0 Å². The van der Waals surface area contributed by atoms with Crippen LogP contribution in [0.3, 0.4) is 0 Å². The Bertz CT molecular complexity index is 211. The number of carboxylic acid groups (broad SMARTS) is 2. The number of aliphatic carboxylic acids is 2. The smallest absolute Gasteiger partial charge is 0.333 e. The minimum Gasteiger partial charge on any atom is -0.479 e. The highest BCUT2D eigenvalue weighted by Gasteiger charge is 2.12. The number of hydrogen-bond donors (Lipinski definition) is 6. The molecule has 0 aromatic carbocycles. The lowest BCUT2D eigenvalue weighted by Gasteiger charge is -2.09. The quantitative estimate of drug-likeness (QED) is 0.234. The van der Waals surface area contributed by atoms with Crippen molar-refractivity contribution in [3.63, 3.8) is 0 Å². The Hall–Kier alpha value is -1.22. The lowest BCUT2D eigenvalue weighted by Crippen LogP contribution is -2.39. The van der Waals surface area contributed by atoms with Gasteiger partial charge in [-0.3, -0.25) is 0 Å². The molecule has 8 heteroatoms. The summed E-state index contributed by atoms with van der Waals surface area (Å²) >= 11 is 0. The van der Waals surface area contributed by atoms with Crippen LogP contribution in [-0.4, -0.2) is 70.8 Å². The van der Waals surface area contributed by atoms with E-state index in [2.05, 4.69) is 10.6 Å². The number of nitrogens with one attached hydrogen (secondary N) is 2. The SMILES string of the molecule is O=C(O)C(O)CNCCNCC(O)C(=O)O. The predicted molar refractivity (Wildman–Crippen MR) is 53.0 cm³/mol. The van der Waals surface area contributed by atoms with Crippen molar-refractivity contribution < 1.29 is 30.0 Å². The van der Waals surface area contributed by atoms with Gasteiger partial charge in [0.1, 0.15) is 0 Å². The molecule has 2 atom stereocenters. The first-order valence-corrected chi connectivity index (χ1v) is 4.68. The molecule has 94 valence electrons. The second-order valence-corrected chi connectivity index (χ2v) is 3.12. The fraction of sp³-hybridized carbons (Fsp3) is 0.750. The van der Waals surface area contributed by atoms with E-state index < -0.39 is 24.1 Å². The molecule has 0 heterocycles. The van der Waals surface area contributed by atoms with Crippen LogP contribution in [0.5, 0.6) is 0 Å². The first-order chi connectivity index (χ1) is 7.45. The lowest BCUT2D eigenvalue weighted by molar-refractivity contribution is -0.147. The summed E-state index contributed by atoms with van der Waals surface area (Å²) in [6.07, 6.45) is -2.91. The molecule has 0 spiro atoms. The van der Waals surface area contributed by atoms with Gasteiger partial charge in [-0.25, -0.2) is 9.59 Å². The van der Waals surface area contributed by atoms with Gasteiger partial charge in [0.2, 0.25) is 0 Å². The van der Waals surface area contributed by atoms with Crippen molar-refractivity contribution in [3.05, 3.63) is 0 Å². The average molecular weight is 236 g/mol. The van der Waals surface area contributed by atoms with Crippen LogP contribution in [0.1, 0.15) is 0 Å². The summed E-state index contributed by atoms with van der Waals surface area (Å²) in [6, 6.07) is 0. The maximum absolute atomic E-state index is 10.2. The van der Waals surface area contributed by atoms with E-state index in [0.717, 1.165) is 0 Å². The second kappa shape index (κ2) is 7.99. The summed E-state index contributed by atoms with van der Waals surface area (Å²) in [4.78, 5) is 20.4. The molecule has 8 nitrogen and oxygen atoms in total. The molecular formula is C8H16N2O6. The molecule has 16 heavy (non-hydrogen) atoms. The molecule has 2 unspecified atom stereocenters. The van der Waals surface area contributed by atoms with Crippen molar-refractivity contribution in [2.75, 3.05) is 26.2 Å². The predicted octanol–water partition coefficient (Wildman–Crippen LogP) is -2.94. The minimum absolute atomic E-state index is 0.0848. The average Bonchev–Trinajstić information content (AvgIpc) is 2.21. The van der Waals surface area contributed by atoms with Gasteiger partial charge in [0.15, 0.2) is 12.2 Å². The Kier molecular flexibility index (Phi) is 7.38. The first kappa shape index (κ1) is 14.8. The monoisotopic (exact) mass is 236 g/mol. The molecule has 0 radical (unpaired) electrons. The van der Waals surface area contributed by atoms with Crippen LogP contribution in [0, 0.1) is 0 Å². The summed E-state index contributed by atoms with van der Waals surface area (Å²) < 4.78 is 0. The van der Waals surface area contributed by atoms with Crippen LogP contribution >= 0.6 is 0 Å².